The summed E-state index contributed by atoms with van der Waals surface area (Å²) in [4.78, 5) is 2.41. The van der Waals surface area contributed by atoms with Crippen molar-refractivity contribution in [3.8, 4) is 33.4 Å². The Kier molecular flexibility index (Phi) is 8.13. The molecule has 0 N–H and O–H groups in total. The average molecular weight is 818 g/mol. The van der Waals surface area contributed by atoms with Gasteiger partial charge in [-0.15, -0.1) is 0 Å². The molecule has 12 aromatic rings. The van der Waals surface area contributed by atoms with Crippen LogP contribution in [0.3, 0.4) is 0 Å². The Hall–Kier alpha value is -8.40. The molecule has 0 saturated carbocycles. The largest absolute Gasteiger partial charge is 0.456 e. The fourth-order valence-corrected chi connectivity index (χ4v) is 10.6. The first kappa shape index (κ1) is 36.3. The quantitative estimate of drug-likeness (QED) is 0.160. The molecule has 3 nitrogen and oxygen atoms in total. The van der Waals surface area contributed by atoms with E-state index in [1.165, 1.54) is 38.9 Å². The molecule has 0 aliphatic heterocycles. The van der Waals surface area contributed by atoms with Crippen LogP contribution >= 0.6 is 0 Å². The zero-order valence-corrected chi connectivity index (χ0v) is 34.8. The van der Waals surface area contributed by atoms with E-state index in [0.717, 1.165) is 77.6 Å². The van der Waals surface area contributed by atoms with Crippen LogP contribution in [-0.4, -0.2) is 0 Å². The van der Waals surface area contributed by atoms with Gasteiger partial charge in [0.2, 0.25) is 0 Å². The summed E-state index contributed by atoms with van der Waals surface area (Å²) in [7, 11) is 0. The molecule has 0 radical (unpaired) electrons. The summed E-state index contributed by atoms with van der Waals surface area (Å²) in [5.41, 5.74) is 17.9. The van der Waals surface area contributed by atoms with Crippen LogP contribution < -0.4 is 4.90 Å². The van der Waals surface area contributed by atoms with Crippen molar-refractivity contribution in [2.45, 2.75) is 5.41 Å². The van der Waals surface area contributed by atoms with E-state index in [4.69, 9.17) is 8.83 Å². The number of hydrogen-bond donors (Lipinski definition) is 0. The predicted octanol–water partition coefficient (Wildman–Crippen LogP) is 16.7. The van der Waals surface area contributed by atoms with Crippen molar-refractivity contribution in [3.05, 3.63) is 259 Å². The van der Waals surface area contributed by atoms with Gasteiger partial charge in [-0.05, 0) is 105 Å². The third-order valence-corrected chi connectivity index (χ3v) is 13.3. The number of benzene rings is 10. The van der Waals surface area contributed by atoms with Crippen molar-refractivity contribution in [1.82, 2.24) is 0 Å². The minimum Gasteiger partial charge on any atom is -0.456 e. The number of nitrogens with zero attached hydrogens (tertiary/aromatic N) is 1. The predicted molar refractivity (Wildman–Crippen MR) is 264 cm³/mol. The van der Waals surface area contributed by atoms with Crippen LogP contribution in [-0.2, 0) is 5.41 Å². The second kappa shape index (κ2) is 14.3. The summed E-state index contributed by atoms with van der Waals surface area (Å²) < 4.78 is 13.6. The number of anilines is 3. The summed E-state index contributed by atoms with van der Waals surface area (Å²) in [6, 6.07) is 85.2. The SMILES string of the molecule is c1ccc(-c2cccc(N(c3ccc4c(c3)C(c3ccccc3)(c3ccccc3)c3ccccc3-4)c3ccc4oc5c(-c6ccccc6)c6c(cc5c4c3)oc3ccccc36)c2)cc1. The number of furan rings is 2. The molecule has 300 valence electrons. The maximum Gasteiger partial charge on any atom is 0.144 e. The van der Waals surface area contributed by atoms with E-state index in [2.05, 4.69) is 229 Å². The molecule has 1 aliphatic rings. The normalized spacial score (nSPS) is 12.8. The Balaban J connectivity index is 1.08. The van der Waals surface area contributed by atoms with Crippen molar-refractivity contribution in [2.75, 3.05) is 4.90 Å². The van der Waals surface area contributed by atoms with Gasteiger partial charge in [0.25, 0.3) is 0 Å². The molecule has 0 unspecified atom stereocenters. The third-order valence-electron chi connectivity index (χ3n) is 13.3. The fourth-order valence-electron chi connectivity index (χ4n) is 10.6. The Labute approximate surface area is 370 Å². The fraction of sp³-hybridized carbons (Fsp3) is 0.0164. The van der Waals surface area contributed by atoms with Crippen LogP contribution in [0.5, 0.6) is 0 Å². The highest BCUT2D eigenvalue weighted by Gasteiger charge is 2.46. The van der Waals surface area contributed by atoms with Crippen molar-refractivity contribution >= 4 is 60.9 Å². The molecular formula is C61H39NO2. The van der Waals surface area contributed by atoms with E-state index in [1.807, 2.05) is 12.1 Å². The lowest BCUT2D eigenvalue weighted by atomic mass is 9.67. The topological polar surface area (TPSA) is 29.5 Å². The van der Waals surface area contributed by atoms with Crippen LogP contribution in [0.1, 0.15) is 22.3 Å². The second-order valence-electron chi connectivity index (χ2n) is 16.8. The van der Waals surface area contributed by atoms with Crippen molar-refractivity contribution in [1.29, 1.82) is 0 Å². The van der Waals surface area contributed by atoms with Crippen molar-refractivity contribution < 1.29 is 8.83 Å². The van der Waals surface area contributed by atoms with E-state index in [-0.39, 0.29) is 0 Å². The minimum atomic E-state index is -0.543. The number of rotatable bonds is 7. The van der Waals surface area contributed by atoms with Gasteiger partial charge in [0.15, 0.2) is 0 Å². The van der Waals surface area contributed by atoms with Crippen LogP contribution in [0, 0.1) is 0 Å². The van der Waals surface area contributed by atoms with Gasteiger partial charge in [-0.25, -0.2) is 0 Å². The molecule has 3 heteroatoms. The van der Waals surface area contributed by atoms with E-state index in [0.29, 0.717) is 0 Å². The summed E-state index contributed by atoms with van der Waals surface area (Å²) in [5, 5.41) is 4.17. The second-order valence-corrected chi connectivity index (χ2v) is 16.8. The minimum absolute atomic E-state index is 0.543. The van der Waals surface area contributed by atoms with Gasteiger partial charge in [0.05, 0.1) is 5.41 Å². The number of para-hydroxylation sites is 1. The summed E-state index contributed by atoms with van der Waals surface area (Å²) in [6.45, 7) is 0. The van der Waals surface area contributed by atoms with Gasteiger partial charge >= 0.3 is 0 Å². The third kappa shape index (κ3) is 5.41. The standard InChI is InChI=1S/C61H39NO2/c1-5-18-40(19-6-1)42-22-17-27-45(36-42)62(47-32-34-49-48-28-13-15-30-53(48)61(54(49)38-47,43-23-9-3-10-24-43)44-25-11-4-12-26-44)46-33-35-56-51(37-46)52-39-57-59(50-29-14-16-31-55(50)63-57)58(60(52)64-56)41-20-7-2-8-21-41/h1-39H. The summed E-state index contributed by atoms with van der Waals surface area (Å²) >= 11 is 0. The molecule has 0 atom stereocenters. The Morgan fingerprint density at radius 1 is 0.328 bits per heavy atom. The molecule has 13 rings (SSSR count). The molecule has 0 bridgehead atoms. The zero-order valence-electron chi connectivity index (χ0n) is 34.8. The van der Waals surface area contributed by atoms with E-state index in [9.17, 15) is 0 Å². The van der Waals surface area contributed by atoms with Crippen LogP contribution in [0.25, 0.3) is 77.3 Å². The lowest BCUT2D eigenvalue weighted by molar-refractivity contribution is 0.664. The monoisotopic (exact) mass is 817 g/mol. The van der Waals surface area contributed by atoms with Gasteiger partial charge in [-0.3, -0.25) is 0 Å². The molecule has 0 amide bonds. The van der Waals surface area contributed by atoms with Crippen LogP contribution in [0.15, 0.2) is 245 Å². The first-order chi connectivity index (χ1) is 31.7. The highest BCUT2D eigenvalue weighted by Crippen LogP contribution is 2.57. The molecule has 64 heavy (non-hydrogen) atoms. The van der Waals surface area contributed by atoms with Crippen LogP contribution in [0.4, 0.5) is 17.1 Å². The molecule has 10 aromatic carbocycles. The van der Waals surface area contributed by atoms with Crippen molar-refractivity contribution in [3.63, 3.8) is 0 Å². The molecule has 2 aromatic heterocycles. The van der Waals surface area contributed by atoms with Gasteiger partial charge in [0.1, 0.15) is 22.3 Å². The molecule has 0 spiro atoms. The number of hydrogen-bond acceptors (Lipinski definition) is 3. The first-order valence-corrected chi connectivity index (χ1v) is 21.9. The van der Waals surface area contributed by atoms with E-state index >= 15 is 0 Å². The van der Waals surface area contributed by atoms with Gasteiger partial charge in [0, 0.05) is 44.2 Å². The molecule has 1 aliphatic carbocycles. The average Bonchev–Trinajstić information content (AvgIpc) is 4.02. The number of fused-ring (bicyclic) bond motifs is 9. The van der Waals surface area contributed by atoms with Crippen molar-refractivity contribution in [2.24, 2.45) is 0 Å². The maximum atomic E-state index is 6.95. The lowest BCUT2D eigenvalue weighted by Gasteiger charge is -2.35. The first-order valence-electron chi connectivity index (χ1n) is 21.9. The van der Waals surface area contributed by atoms with Gasteiger partial charge < -0.3 is 13.7 Å². The Morgan fingerprint density at radius 3 is 1.67 bits per heavy atom. The smallest absolute Gasteiger partial charge is 0.144 e. The molecule has 2 heterocycles. The zero-order chi connectivity index (χ0) is 42.2. The van der Waals surface area contributed by atoms with E-state index < -0.39 is 5.41 Å². The Bertz CT molecular complexity index is 3680. The van der Waals surface area contributed by atoms with Gasteiger partial charge in [-0.2, -0.15) is 0 Å². The highest BCUT2D eigenvalue weighted by atomic mass is 16.3. The molecular weight excluding hydrogens is 779 g/mol. The highest BCUT2D eigenvalue weighted by molar-refractivity contribution is 6.23. The molecule has 0 fully saturated rings. The maximum absolute atomic E-state index is 6.95. The summed E-state index contributed by atoms with van der Waals surface area (Å²) in [6.07, 6.45) is 0. The van der Waals surface area contributed by atoms with E-state index in [1.54, 1.807) is 0 Å². The lowest BCUT2D eigenvalue weighted by Crippen LogP contribution is -2.28. The van der Waals surface area contributed by atoms with Crippen LogP contribution in [0.2, 0.25) is 0 Å². The summed E-state index contributed by atoms with van der Waals surface area (Å²) in [5.74, 6) is 0. The molecule has 0 saturated heterocycles. The Morgan fingerprint density at radius 2 is 0.906 bits per heavy atom. The van der Waals surface area contributed by atoms with Gasteiger partial charge in [-0.1, -0.05) is 182 Å².